The summed E-state index contributed by atoms with van der Waals surface area (Å²) in [7, 11) is 0. The van der Waals surface area contributed by atoms with Crippen molar-refractivity contribution in [3.05, 3.63) is 24.5 Å². The molecule has 0 bridgehead atoms. The van der Waals surface area contributed by atoms with Crippen LogP contribution in [-0.4, -0.2) is 5.97 Å². The Bertz CT molecular complexity index is 229. The minimum absolute atomic E-state index is 0.276. The molecule has 0 saturated heterocycles. The van der Waals surface area contributed by atoms with Gasteiger partial charge in [-0.15, -0.1) is 0 Å². The third kappa shape index (κ3) is 14.9. The Morgan fingerprint density at radius 1 is 1.00 bits per heavy atom. The van der Waals surface area contributed by atoms with Gasteiger partial charge in [-0.1, -0.05) is 57.6 Å². The molecule has 0 rings (SSSR count). The van der Waals surface area contributed by atoms with Crippen molar-refractivity contribution in [2.24, 2.45) is 0 Å². The van der Waals surface area contributed by atoms with Crippen molar-refractivity contribution >= 4 is 5.97 Å². The summed E-state index contributed by atoms with van der Waals surface area (Å²) in [5.41, 5.74) is 0. The fourth-order valence-electron chi connectivity index (χ4n) is 1.57. The molecule has 17 heavy (non-hydrogen) atoms. The van der Waals surface area contributed by atoms with Gasteiger partial charge in [0.2, 0.25) is 0 Å². The highest BCUT2D eigenvalue weighted by atomic mass is 16.5. The zero-order chi connectivity index (χ0) is 12.8. The summed E-state index contributed by atoms with van der Waals surface area (Å²) in [6.07, 6.45) is 17.7. The predicted octanol–water partition coefficient (Wildman–Crippen LogP) is 4.76. The van der Waals surface area contributed by atoms with Crippen LogP contribution in [0.1, 0.15) is 65.2 Å². The van der Waals surface area contributed by atoms with Gasteiger partial charge >= 0.3 is 5.97 Å². The summed E-state index contributed by atoms with van der Waals surface area (Å²) in [6, 6.07) is 0. The summed E-state index contributed by atoms with van der Waals surface area (Å²) in [6.45, 7) is 3.64. The Kier molecular flexibility index (Phi) is 12.2. The normalized spacial score (nSPS) is 11.4. The minimum Gasteiger partial charge on any atom is -0.435 e. The first-order chi connectivity index (χ1) is 8.27. The molecule has 0 fully saturated rings. The number of carbonyl (C=O) groups excluding carboxylic acids is 1. The van der Waals surface area contributed by atoms with E-state index in [0.717, 1.165) is 6.42 Å². The van der Waals surface area contributed by atoms with Crippen molar-refractivity contribution in [3.63, 3.8) is 0 Å². The first-order valence-corrected chi connectivity index (χ1v) is 6.76. The number of ether oxygens (including phenoxy) is 1. The highest BCUT2D eigenvalue weighted by Gasteiger charge is 1.89. The van der Waals surface area contributed by atoms with Crippen LogP contribution >= 0.6 is 0 Å². The summed E-state index contributed by atoms with van der Waals surface area (Å²) < 4.78 is 4.65. The molecule has 0 saturated carbocycles. The lowest BCUT2D eigenvalue weighted by Gasteiger charge is -1.98. The lowest BCUT2D eigenvalue weighted by atomic mass is 10.1. The first kappa shape index (κ1) is 16.0. The standard InChI is InChI=1S/C15H26O2/c1-3-4-5-6-7-8-9-10-11-12-13-14-17-15(2)16/h11-14H,3-10H2,1-2H3/b12-11-,14-13?. The Hall–Kier alpha value is -1.05. The zero-order valence-electron chi connectivity index (χ0n) is 11.3. The molecule has 0 amide bonds. The summed E-state index contributed by atoms with van der Waals surface area (Å²) >= 11 is 0. The van der Waals surface area contributed by atoms with Gasteiger partial charge in [-0.2, -0.15) is 0 Å². The van der Waals surface area contributed by atoms with E-state index in [1.807, 2.05) is 6.08 Å². The lowest BCUT2D eigenvalue weighted by molar-refractivity contribution is -0.135. The third-order valence-corrected chi connectivity index (χ3v) is 2.53. The molecule has 2 nitrogen and oxygen atoms in total. The monoisotopic (exact) mass is 238 g/mol. The van der Waals surface area contributed by atoms with Crippen LogP contribution in [0.2, 0.25) is 0 Å². The average molecular weight is 238 g/mol. The second-order valence-corrected chi connectivity index (χ2v) is 4.28. The average Bonchev–Trinajstić information content (AvgIpc) is 2.30. The highest BCUT2D eigenvalue weighted by Crippen LogP contribution is 2.08. The van der Waals surface area contributed by atoms with Crippen molar-refractivity contribution in [3.8, 4) is 0 Å². The van der Waals surface area contributed by atoms with Gasteiger partial charge in [0.1, 0.15) is 0 Å². The molecule has 2 heteroatoms. The van der Waals surface area contributed by atoms with Crippen molar-refractivity contribution in [1.29, 1.82) is 0 Å². The Morgan fingerprint density at radius 3 is 2.29 bits per heavy atom. The topological polar surface area (TPSA) is 26.3 Å². The maximum Gasteiger partial charge on any atom is 0.307 e. The molecule has 0 spiro atoms. The van der Waals surface area contributed by atoms with Gasteiger partial charge in [0.15, 0.2) is 0 Å². The number of allylic oxidation sites excluding steroid dienone is 3. The van der Waals surface area contributed by atoms with E-state index >= 15 is 0 Å². The van der Waals surface area contributed by atoms with Crippen molar-refractivity contribution in [2.45, 2.75) is 65.2 Å². The number of unbranched alkanes of at least 4 members (excludes halogenated alkanes) is 7. The molecular formula is C15H26O2. The molecule has 0 radical (unpaired) electrons. The van der Waals surface area contributed by atoms with Gasteiger partial charge in [0.25, 0.3) is 0 Å². The molecule has 0 N–H and O–H groups in total. The molecule has 0 heterocycles. The lowest BCUT2D eigenvalue weighted by Crippen LogP contribution is -1.88. The molecule has 0 aromatic rings. The van der Waals surface area contributed by atoms with Crippen LogP contribution < -0.4 is 0 Å². The molecule has 0 aliphatic rings. The molecule has 0 atom stereocenters. The maximum absolute atomic E-state index is 10.4. The largest absolute Gasteiger partial charge is 0.435 e. The van der Waals surface area contributed by atoms with Gasteiger partial charge in [-0.25, -0.2) is 0 Å². The number of rotatable bonds is 10. The second-order valence-electron chi connectivity index (χ2n) is 4.28. The minimum atomic E-state index is -0.276. The Labute approximate surface area is 106 Å². The van der Waals surface area contributed by atoms with Crippen LogP contribution in [0.3, 0.4) is 0 Å². The van der Waals surface area contributed by atoms with Crippen molar-refractivity contribution in [1.82, 2.24) is 0 Å². The van der Waals surface area contributed by atoms with E-state index in [2.05, 4.69) is 17.7 Å². The smallest absolute Gasteiger partial charge is 0.307 e. The molecular weight excluding hydrogens is 212 g/mol. The van der Waals surface area contributed by atoms with Crippen LogP contribution in [0, 0.1) is 0 Å². The van der Waals surface area contributed by atoms with E-state index in [0.29, 0.717) is 0 Å². The zero-order valence-corrected chi connectivity index (χ0v) is 11.3. The van der Waals surface area contributed by atoms with Gasteiger partial charge in [-0.05, 0) is 18.9 Å². The van der Waals surface area contributed by atoms with Gasteiger partial charge in [0, 0.05) is 6.92 Å². The Morgan fingerprint density at radius 2 is 1.65 bits per heavy atom. The van der Waals surface area contributed by atoms with Crippen LogP contribution in [0.25, 0.3) is 0 Å². The molecule has 0 unspecified atom stereocenters. The number of carbonyl (C=O) groups is 1. The number of esters is 1. The van der Waals surface area contributed by atoms with E-state index in [9.17, 15) is 4.79 Å². The fourth-order valence-corrected chi connectivity index (χ4v) is 1.57. The highest BCUT2D eigenvalue weighted by molar-refractivity contribution is 5.66. The van der Waals surface area contributed by atoms with Crippen LogP contribution in [-0.2, 0) is 9.53 Å². The summed E-state index contributed by atoms with van der Waals surface area (Å²) in [5.74, 6) is -0.276. The quantitative estimate of drug-likeness (QED) is 0.237. The summed E-state index contributed by atoms with van der Waals surface area (Å²) in [4.78, 5) is 10.4. The SMILES string of the molecule is CCCCCCCCC/C=C\C=COC(C)=O. The van der Waals surface area contributed by atoms with E-state index < -0.39 is 0 Å². The van der Waals surface area contributed by atoms with Crippen LogP contribution in [0.4, 0.5) is 0 Å². The fraction of sp³-hybridized carbons (Fsp3) is 0.667. The van der Waals surface area contributed by atoms with E-state index in [4.69, 9.17) is 0 Å². The van der Waals surface area contributed by atoms with E-state index in [1.165, 1.54) is 58.1 Å². The maximum atomic E-state index is 10.4. The number of hydrogen-bond acceptors (Lipinski definition) is 2. The van der Waals surface area contributed by atoms with Gasteiger partial charge in [0.05, 0.1) is 6.26 Å². The van der Waals surface area contributed by atoms with Crippen LogP contribution in [0.5, 0.6) is 0 Å². The van der Waals surface area contributed by atoms with Crippen molar-refractivity contribution < 1.29 is 9.53 Å². The molecule has 0 aliphatic carbocycles. The van der Waals surface area contributed by atoms with Crippen molar-refractivity contribution in [2.75, 3.05) is 0 Å². The van der Waals surface area contributed by atoms with E-state index in [1.54, 1.807) is 6.08 Å². The van der Waals surface area contributed by atoms with Crippen LogP contribution in [0.15, 0.2) is 24.5 Å². The third-order valence-electron chi connectivity index (χ3n) is 2.53. The molecule has 0 aliphatic heterocycles. The summed E-state index contributed by atoms with van der Waals surface area (Å²) in [5, 5.41) is 0. The second kappa shape index (κ2) is 13.0. The predicted molar refractivity (Wildman–Crippen MR) is 72.7 cm³/mol. The number of hydrogen-bond donors (Lipinski definition) is 0. The molecule has 0 aromatic carbocycles. The van der Waals surface area contributed by atoms with Gasteiger partial charge in [-0.3, -0.25) is 4.79 Å². The molecule has 98 valence electrons. The van der Waals surface area contributed by atoms with E-state index in [-0.39, 0.29) is 5.97 Å². The Balaban J connectivity index is 3.19. The first-order valence-electron chi connectivity index (χ1n) is 6.76. The van der Waals surface area contributed by atoms with Gasteiger partial charge < -0.3 is 4.74 Å². The molecule has 0 aromatic heterocycles.